The second-order valence-electron chi connectivity index (χ2n) is 11.1. The van der Waals surface area contributed by atoms with Crippen molar-refractivity contribution in [2.45, 2.75) is 20.4 Å². The van der Waals surface area contributed by atoms with E-state index in [1.165, 1.54) is 33.9 Å². The van der Waals surface area contributed by atoms with E-state index < -0.39 is 0 Å². The summed E-state index contributed by atoms with van der Waals surface area (Å²) in [6.07, 6.45) is 7.30. The van der Waals surface area contributed by atoms with Crippen molar-refractivity contribution in [2.24, 2.45) is 0 Å². The third-order valence-electron chi connectivity index (χ3n) is 7.62. The van der Waals surface area contributed by atoms with Crippen LogP contribution in [-0.2, 0) is 6.54 Å². The van der Waals surface area contributed by atoms with Gasteiger partial charge in [0, 0.05) is 23.4 Å². The topological polar surface area (TPSA) is 45.1 Å². The van der Waals surface area contributed by atoms with Gasteiger partial charge in [0.25, 0.3) is 0 Å². The minimum absolute atomic E-state index is 0.777. The fourth-order valence-electron chi connectivity index (χ4n) is 5.27. The molecule has 232 valence electrons. The monoisotopic (exact) mass is 612 g/mol. The average molecular weight is 613 g/mol. The summed E-state index contributed by atoms with van der Waals surface area (Å²) in [5, 5.41) is 11.9. The van der Waals surface area contributed by atoms with Crippen molar-refractivity contribution < 1.29 is 4.74 Å². The normalized spacial score (nSPS) is 13.4. The molecule has 6 aromatic carbocycles. The smallest absolute Gasteiger partial charge is 0.135 e. The molecule has 0 saturated heterocycles. The second kappa shape index (κ2) is 16.4. The number of nitrogens with one attached hydrogen (secondary N) is 2. The molecule has 0 amide bonds. The largest absolute Gasteiger partial charge is 0.456 e. The summed E-state index contributed by atoms with van der Waals surface area (Å²) in [6.45, 7) is 8.82. The molecule has 0 unspecified atom stereocenters. The maximum absolute atomic E-state index is 6.44. The molecule has 3 heteroatoms. The van der Waals surface area contributed by atoms with Crippen molar-refractivity contribution in [3.63, 3.8) is 0 Å². The molecule has 1 aliphatic rings. The molecule has 0 radical (unpaired) electrons. The predicted octanol–water partition coefficient (Wildman–Crippen LogP) is 11.8. The van der Waals surface area contributed by atoms with Crippen molar-refractivity contribution in [1.29, 1.82) is 5.41 Å². The Hall–Kier alpha value is -5.93. The van der Waals surface area contributed by atoms with E-state index >= 15 is 0 Å². The summed E-state index contributed by atoms with van der Waals surface area (Å²) >= 11 is 0. The molecule has 0 bridgehead atoms. The van der Waals surface area contributed by atoms with Crippen LogP contribution in [0.1, 0.15) is 29.2 Å². The first kappa shape index (κ1) is 32.5. The summed E-state index contributed by atoms with van der Waals surface area (Å²) in [5.41, 5.74) is 9.18. The first-order chi connectivity index (χ1) is 23.1. The van der Waals surface area contributed by atoms with Crippen LogP contribution in [0.25, 0.3) is 33.2 Å². The highest BCUT2D eigenvalue weighted by atomic mass is 16.5. The summed E-state index contributed by atoms with van der Waals surface area (Å²) in [4.78, 5) is 0. The molecule has 3 nitrogen and oxygen atoms in total. The van der Waals surface area contributed by atoms with E-state index in [1.54, 1.807) is 6.92 Å². The Labute approximate surface area is 278 Å². The minimum Gasteiger partial charge on any atom is -0.456 e. The van der Waals surface area contributed by atoms with Crippen LogP contribution in [0.15, 0.2) is 170 Å². The SMILES string of the molecule is C=C1/C=C\C=C(\c2cccc(NCc3ccccc3)c2)Oc2ccc3ccccc3c21.CC=N.Cc1ccc(-c2ccccc2)cc1. The van der Waals surface area contributed by atoms with Gasteiger partial charge in [-0.15, -0.1) is 0 Å². The van der Waals surface area contributed by atoms with Gasteiger partial charge in [0.15, 0.2) is 0 Å². The highest BCUT2D eigenvalue weighted by Crippen LogP contribution is 2.37. The zero-order valence-corrected chi connectivity index (χ0v) is 27.0. The quantitative estimate of drug-likeness (QED) is 0.190. The Bertz CT molecular complexity index is 1990. The van der Waals surface area contributed by atoms with Crippen LogP contribution in [0.4, 0.5) is 5.69 Å². The summed E-state index contributed by atoms with van der Waals surface area (Å²) < 4.78 is 6.44. The van der Waals surface area contributed by atoms with E-state index in [4.69, 9.17) is 10.1 Å². The maximum Gasteiger partial charge on any atom is 0.135 e. The van der Waals surface area contributed by atoms with Gasteiger partial charge < -0.3 is 15.5 Å². The average Bonchev–Trinajstić information content (AvgIpc) is 3.11. The highest BCUT2D eigenvalue weighted by molar-refractivity contribution is 5.99. The molecule has 0 atom stereocenters. The number of aryl methyl sites for hydroxylation is 1. The number of rotatable bonds is 5. The second-order valence-corrected chi connectivity index (χ2v) is 11.1. The molecule has 0 spiro atoms. The van der Waals surface area contributed by atoms with Gasteiger partial charge in [-0.05, 0) is 77.4 Å². The third kappa shape index (κ3) is 8.84. The molecule has 0 fully saturated rings. The molecule has 2 N–H and O–H groups in total. The van der Waals surface area contributed by atoms with Crippen LogP contribution in [0.2, 0.25) is 0 Å². The van der Waals surface area contributed by atoms with Crippen LogP contribution in [0, 0.1) is 12.3 Å². The number of benzene rings is 6. The first-order valence-corrected chi connectivity index (χ1v) is 15.8. The van der Waals surface area contributed by atoms with Gasteiger partial charge in [0.05, 0.1) is 0 Å². The van der Waals surface area contributed by atoms with Crippen molar-refractivity contribution in [2.75, 3.05) is 5.32 Å². The molecule has 0 saturated carbocycles. The van der Waals surface area contributed by atoms with Crippen LogP contribution in [-0.4, -0.2) is 6.21 Å². The Morgan fingerprint density at radius 2 is 1.34 bits per heavy atom. The van der Waals surface area contributed by atoms with Crippen LogP contribution < -0.4 is 10.1 Å². The Balaban J connectivity index is 0.000000225. The van der Waals surface area contributed by atoms with E-state index in [-0.39, 0.29) is 0 Å². The van der Waals surface area contributed by atoms with Gasteiger partial charge in [-0.3, -0.25) is 0 Å². The van der Waals surface area contributed by atoms with Gasteiger partial charge in [-0.2, -0.15) is 0 Å². The van der Waals surface area contributed by atoms with Gasteiger partial charge in [0.2, 0.25) is 0 Å². The van der Waals surface area contributed by atoms with E-state index in [1.807, 2.05) is 36.4 Å². The lowest BCUT2D eigenvalue weighted by atomic mass is 9.97. The third-order valence-corrected chi connectivity index (χ3v) is 7.62. The molecule has 1 aliphatic heterocycles. The molecule has 0 aliphatic carbocycles. The van der Waals surface area contributed by atoms with Gasteiger partial charge in [-0.25, -0.2) is 0 Å². The standard InChI is InChI=1S/C29H23NO.C13H12.C2H5N/c1-21-9-7-16-27(31-28-18-17-23-12-5-6-15-26(23)29(21)28)24-13-8-14-25(19-24)30-20-22-10-3-2-4-11-22;1-11-7-9-13(10-8-11)12-5-3-2-4-6-12;1-2-3/h2-19,30H,1,20H2;2-10H,1H3;2-3H,1H3/b9-7-,27-16-;;. The van der Waals surface area contributed by atoms with Crippen molar-refractivity contribution in [3.8, 4) is 16.9 Å². The zero-order chi connectivity index (χ0) is 32.8. The summed E-state index contributed by atoms with van der Waals surface area (Å²) in [6, 6.07) is 50.2. The fraction of sp³-hybridized carbons (Fsp3) is 0.0682. The molecule has 47 heavy (non-hydrogen) atoms. The minimum atomic E-state index is 0.777. The van der Waals surface area contributed by atoms with Crippen LogP contribution >= 0.6 is 0 Å². The zero-order valence-electron chi connectivity index (χ0n) is 27.0. The van der Waals surface area contributed by atoms with Crippen molar-refractivity contribution in [3.05, 3.63) is 193 Å². The lowest BCUT2D eigenvalue weighted by molar-refractivity contribution is 0.514. The molecule has 0 aromatic heterocycles. The summed E-state index contributed by atoms with van der Waals surface area (Å²) in [7, 11) is 0. The van der Waals surface area contributed by atoms with E-state index in [0.717, 1.165) is 45.8 Å². The number of anilines is 1. The lowest BCUT2D eigenvalue weighted by Crippen LogP contribution is -2.02. The van der Waals surface area contributed by atoms with Crippen LogP contribution in [0.3, 0.4) is 0 Å². The van der Waals surface area contributed by atoms with Gasteiger partial charge in [-0.1, -0.05) is 152 Å². The first-order valence-electron chi connectivity index (χ1n) is 15.8. The molecule has 7 rings (SSSR count). The number of ether oxygens (including phenoxy) is 1. The molecule has 1 heterocycles. The van der Waals surface area contributed by atoms with Gasteiger partial charge in [0.1, 0.15) is 11.5 Å². The van der Waals surface area contributed by atoms with Gasteiger partial charge >= 0.3 is 0 Å². The summed E-state index contributed by atoms with van der Waals surface area (Å²) in [5.74, 6) is 1.63. The lowest BCUT2D eigenvalue weighted by Gasteiger charge is -2.18. The van der Waals surface area contributed by atoms with Crippen molar-refractivity contribution in [1.82, 2.24) is 0 Å². The van der Waals surface area contributed by atoms with E-state index in [0.29, 0.717) is 0 Å². The number of hydrogen-bond acceptors (Lipinski definition) is 3. The predicted molar refractivity (Wildman–Crippen MR) is 202 cm³/mol. The Morgan fingerprint density at radius 3 is 2.09 bits per heavy atom. The molecular weight excluding hydrogens is 572 g/mol. The van der Waals surface area contributed by atoms with E-state index in [2.05, 4.69) is 146 Å². The molecule has 6 aromatic rings. The van der Waals surface area contributed by atoms with Crippen LogP contribution in [0.5, 0.6) is 5.75 Å². The highest BCUT2D eigenvalue weighted by Gasteiger charge is 2.15. The van der Waals surface area contributed by atoms with Crippen molar-refractivity contribution >= 4 is 34.0 Å². The number of hydrogen-bond donors (Lipinski definition) is 2. The number of allylic oxidation sites excluding steroid dienone is 4. The Morgan fingerprint density at radius 1 is 0.702 bits per heavy atom. The number of fused-ring (bicyclic) bond motifs is 3. The van der Waals surface area contributed by atoms with E-state index in [9.17, 15) is 0 Å². The maximum atomic E-state index is 6.44. The Kier molecular flexibility index (Phi) is 11.3. The fourth-order valence-corrected chi connectivity index (χ4v) is 5.27. The molecular formula is C44H40N2O.